The predicted molar refractivity (Wildman–Crippen MR) is 241 cm³/mol. The van der Waals surface area contributed by atoms with Gasteiger partial charge in [0.15, 0.2) is 0 Å². The average molecular weight is 852 g/mol. The molecule has 3 aromatic carbocycles. The van der Waals surface area contributed by atoms with Crippen LogP contribution in [0.4, 0.5) is 9.59 Å². The van der Waals surface area contributed by atoms with Crippen molar-refractivity contribution in [1.29, 1.82) is 0 Å². The second-order valence-electron chi connectivity index (χ2n) is 17.4. The van der Waals surface area contributed by atoms with Gasteiger partial charge in [-0.2, -0.15) is 0 Å². The molecule has 3 N–H and O–H groups in total. The summed E-state index contributed by atoms with van der Waals surface area (Å²) in [4.78, 5) is 35.7. The largest absolute Gasteiger partial charge is 0.459 e. The van der Waals surface area contributed by atoms with Crippen LogP contribution < -0.4 is 14.8 Å². The Bertz CT molecular complexity index is 2090. The van der Waals surface area contributed by atoms with Crippen molar-refractivity contribution in [1.82, 2.24) is 10.2 Å². The SMILES string of the molecule is C=CCCOC(=O)N(Cc1cccc2ccccc12)[C@H]1CC(=NOC(C)(C)C)C2=C[C@H](CCCCO)[C@@H](CCCCO)[C@@H]3c4cc(OC(=O)NCC)ccc4O[C@@]1(OCC=C)[C@H]23. The Morgan fingerprint density at radius 3 is 2.48 bits per heavy atom. The minimum atomic E-state index is -1.51. The highest BCUT2D eigenvalue weighted by atomic mass is 16.7. The van der Waals surface area contributed by atoms with Gasteiger partial charge in [0.1, 0.15) is 23.1 Å². The smallest absolute Gasteiger partial charge is 0.412 e. The fraction of sp³-hybridized carbons (Fsp3) is 0.500. The quantitative estimate of drug-likeness (QED) is 0.0574. The number of aliphatic hydroxyl groups excluding tert-OH is 2. The molecule has 62 heavy (non-hydrogen) atoms. The number of unbranched alkanes of at least 4 members (excludes halogenated alkanes) is 2. The van der Waals surface area contributed by atoms with Gasteiger partial charge in [-0.15, -0.1) is 13.2 Å². The molecular formula is C50H65N3O9. The Balaban J connectivity index is 1.64. The Morgan fingerprint density at radius 1 is 1.00 bits per heavy atom. The third kappa shape index (κ3) is 10.5. The summed E-state index contributed by atoms with van der Waals surface area (Å²) in [5.74, 6) is -1.45. The van der Waals surface area contributed by atoms with Gasteiger partial charge < -0.3 is 39.3 Å². The normalized spacial score (nSPS) is 23.3. The van der Waals surface area contributed by atoms with Gasteiger partial charge >= 0.3 is 12.2 Å². The van der Waals surface area contributed by atoms with E-state index in [0.29, 0.717) is 43.0 Å². The molecule has 0 saturated heterocycles. The standard InChI is InChI=1S/C50H65N3O9/c1-7-10-29-58-48(57)53(33-36-21-17-20-34-18-11-12-22-38(34)36)44-32-42(52-62-49(4,5)6)40-30-35(19-13-15-26-54)39(23-14-16-27-55)45-41-31-37(60-47(56)51-9-3)24-25-43(41)61-50(44,46(40)45)59-28-8-2/h7-8,11-12,17-18,20-22,24-25,30-31,35,39,44-46,54-55H,1-2,9-10,13-16,19,23,26-29,32-33H2,3-6H3,(H,51,56)/t35-,39+,44-,45+,46+,50+/m0/s1. The molecule has 3 aliphatic rings. The van der Waals surface area contributed by atoms with Crippen LogP contribution in [0.15, 0.2) is 103 Å². The Hall–Kier alpha value is -5.17. The van der Waals surface area contributed by atoms with Gasteiger partial charge in [0, 0.05) is 37.7 Å². The third-order valence-corrected chi connectivity index (χ3v) is 12.0. The van der Waals surface area contributed by atoms with E-state index in [1.807, 2.05) is 64.1 Å². The molecule has 12 heteroatoms. The maximum absolute atomic E-state index is 14.9. The first kappa shape index (κ1) is 46.3. The molecule has 1 aliphatic heterocycles. The second-order valence-corrected chi connectivity index (χ2v) is 17.4. The number of benzene rings is 3. The molecule has 0 spiro atoms. The maximum Gasteiger partial charge on any atom is 0.412 e. The van der Waals surface area contributed by atoms with Gasteiger partial charge in [-0.25, -0.2) is 9.59 Å². The van der Waals surface area contributed by atoms with Crippen molar-refractivity contribution >= 4 is 28.7 Å². The van der Waals surface area contributed by atoms with Crippen LogP contribution in [-0.2, 0) is 20.9 Å². The maximum atomic E-state index is 14.9. The lowest BCUT2D eigenvalue weighted by atomic mass is 9.55. The molecule has 1 fully saturated rings. The molecule has 6 atom stereocenters. The number of rotatable bonds is 20. The summed E-state index contributed by atoms with van der Waals surface area (Å²) in [5, 5.41) is 29.6. The highest BCUT2D eigenvalue weighted by molar-refractivity contribution is 6.03. The Labute approximate surface area is 366 Å². The molecule has 3 aromatic rings. The number of amides is 2. The zero-order chi connectivity index (χ0) is 44.3. The first-order chi connectivity index (χ1) is 30.0. The van der Waals surface area contributed by atoms with Crippen molar-refractivity contribution in [2.45, 2.75) is 109 Å². The fourth-order valence-corrected chi connectivity index (χ4v) is 9.42. The van der Waals surface area contributed by atoms with Gasteiger partial charge in [0.2, 0.25) is 5.79 Å². The molecule has 6 rings (SSSR count). The summed E-state index contributed by atoms with van der Waals surface area (Å²) in [6.45, 7) is 16.5. The van der Waals surface area contributed by atoms with Crippen LogP contribution in [0.3, 0.4) is 0 Å². The summed E-state index contributed by atoms with van der Waals surface area (Å²) in [6.07, 6.45) is 9.66. The molecule has 1 heterocycles. The first-order valence-electron chi connectivity index (χ1n) is 22.2. The summed E-state index contributed by atoms with van der Waals surface area (Å²) in [5.41, 5.74) is 2.70. The van der Waals surface area contributed by atoms with Crippen LogP contribution in [0.2, 0.25) is 0 Å². The fourth-order valence-electron chi connectivity index (χ4n) is 9.42. The first-order valence-corrected chi connectivity index (χ1v) is 22.2. The van der Waals surface area contributed by atoms with Crippen LogP contribution in [0.25, 0.3) is 10.8 Å². The van der Waals surface area contributed by atoms with Crippen LogP contribution in [0, 0.1) is 17.8 Å². The number of nitrogens with zero attached hydrogens (tertiary/aromatic N) is 2. The monoisotopic (exact) mass is 851 g/mol. The number of aliphatic hydroxyl groups is 2. The number of carbonyl (C=O) groups is 2. The summed E-state index contributed by atoms with van der Waals surface area (Å²) < 4.78 is 26.4. The van der Waals surface area contributed by atoms with Crippen LogP contribution in [0.5, 0.6) is 11.5 Å². The highest BCUT2D eigenvalue weighted by Gasteiger charge is 2.66. The highest BCUT2D eigenvalue weighted by Crippen LogP contribution is 2.62. The van der Waals surface area contributed by atoms with E-state index in [-0.39, 0.29) is 57.1 Å². The minimum absolute atomic E-state index is 0.0161. The molecule has 0 aromatic heterocycles. The molecule has 334 valence electrons. The number of allylic oxidation sites excluding steroid dienone is 1. The second kappa shape index (κ2) is 21.3. The predicted octanol–water partition coefficient (Wildman–Crippen LogP) is 9.60. The lowest BCUT2D eigenvalue weighted by Gasteiger charge is -2.60. The summed E-state index contributed by atoms with van der Waals surface area (Å²) in [6, 6.07) is 18.8. The third-order valence-electron chi connectivity index (χ3n) is 12.0. The lowest BCUT2D eigenvalue weighted by Crippen LogP contribution is -2.70. The van der Waals surface area contributed by atoms with Crippen molar-refractivity contribution in [2.75, 3.05) is 33.0 Å². The molecule has 0 unspecified atom stereocenters. The summed E-state index contributed by atoms with van der Waals surface area (Å²) in [7, 11) is 0. The zero-order valence-corrected chi connectivity index (χ0v) is 36.9. The molecule has 1 saturated carbocycles. The van der Waals surface area contributed by atoms with Gasteiger partial charge in [-0.3, -0.25) is 4.90 Å². The van der Waals surface area contributed by atoms with Crippen LogP contribution in [-0.4, -0.2) is 83.4 Å². The molecule has 0 radical (unpaired) electrons. The van der Waals surface area contributed by atoms with Crippen LogP contribution >= 0.6 is 0 Å². The van der Waals surface area contributed by atoms with E-state index in [1.165, 1.54) is 0 Å². The Kier molecular flexibility index (Phi) is 15.9. The van der Waals surface area contributed by atoms with Gasteiger partial charge in [0.05, 0.1) is 31.4 Å². The number of oxime groups is 1. The van der Waals surface area contributed by atoms with E-state index in [9.17, 15) is 19.8 Å². The molecule has 0 bridgehead atoms. The molecule has 2 aliphatic carbocycles. The number of fused-ring (bicyclic) bond motifs is 3. The lowest BCUT2D eigenvalue weighted by molar-refractivity contribution is -0.256. The van der Waals surface area contributed by atoms with Gasteiger partial charge in [0.25, 0.3) is 0 Å². The number of hydrogen-bond donors (Lipinski definition) is 3. The number of ether oxygens (including phenoxy) is 4. The van der Waals surface area contributed by atoms with Crippen molar-refractivity contribution in [3.8, 4) is 11.5 Å². The van der Waals surface area contributed by atoms with Crippen molar-refractivity contribution < 1.29 is 43.6 Å². The number of hydrogen-bond acceptors (Lipinski definition) is 10. The number of nitrogens with one attached hydrogen (secondary N) is 1. The molecule has 12 nitrogen and oxygen atoms in total. The van der Waals surface area contributed by atoms with E-state index in [2.05, 4.69) is 42.7 Å². The Morgan fingerprint density at radius 2 is 1.76 bits per heavy atom. The van der Waals surface area contributed by atoms with Crippen molar-refractivity contribution in [2.24, 2.45) is 22.9 Å². The number of carbonyl (C=O) groups excluding carboxylic acids is 2. The van der Waals surface area contributed by atoms with E-state index in [4.69, 9.17) is 28.9 Å². The van der Waals surface area contributed by atoms with Gasteiger partial charge in [-0.1, -0.05) is 78.7 Å². The molecule has 2 amide bonds. The minimum Gasteiger partial charge on any atom is -0.459 e. The van der Waals surface area contributed by atoms with Crippen molar-refractivity contribution in [3.05, 3.63) is 109 Å². The van der Waals surface area contributed by atoms with E-state index in [1.54, 1.807) is 23.1 Å². The average Bonchev–Trinajstić information content (AvgIpc) is 3.25. The van der Waals surface area contributed by atoms with E-state index < -0.39 is 35.5 Å². The zero-order valence-electron chi connectivity index (χ0n) is 36.9. The van der Waals surface area contributed by atoms with Gasteiger partial charge in [-0.05, 0) is 112 Å². The molecular weight excluding hydrogens is 787 g/mol. The van der Waals surface area contributed by atoms with Crippen LogP contribution in [0.1, 0.15) is 96.1 Å². The van der Waals surface area contributed by atoms with Crippen molar-refractivity contribution in [3.63, 3.8) is 0 Å². The van der Waals surface area contributed by atoms with E-state index >= 15 is 0 Å². The summed E-state index contributed by atoms with van der Waals surface area (Å²) >= 11 is 0. The topological polar surface area (TPSA) is 148 Å². The van der Waals surface area contributed by atoms with E-state index in [0.717, 1.165) is 53.2 Å².